The number of nitrogens with two attached hydrogens (primary N) is 1. The number of aromatic amines is 1. The van der Waals surface area contributed by atoms with Crippen molar-refractivity contribution >= 4 is 28.8 Å². The van der Waals surface area contributed by atoms with Crippen LogP contribution in [-0.2, 0) is 6.54 Å². The molecule has 0 aromatic carbocycles. The Morgan fingerprint density at radius 2 is 2.16 bits per heavy atom. The van der Waals surface area contributed by atoms with Gasteiger partial charge in [-0.1, -0.05) is 32.3 Å². The number of unbranched alkanes of at least 4 members (excludes halogenated alkanes) is 1. The number of anilines is 2. The van der Waals surface area contributed by atoms with Gasteiger partial charge in [-0.2, -0.15) is 0 Å². The van der Waals surface area contributed by atoms with Crippen molar-refractivity contribution in [2.24, 2.45) is 0 Å². The summed E-state index contributed by atoms with van der Waals surface area (Å²) < 4.78 is 1.43. The molecule has 1 saturated carbocycles. The van der Waals surface area contributed by atoms with Crippen molar-refractivity contribution in [1.29, 1.82) is 0 Å². The maximum atomic E-state index is 12.6. The molecule has 7 nitrogen and oxygen atoms in total. The molecular weight excluding hydrogens is 338 g/mol. The van der Waals surface area contributed by atoms with Crippen LogP contribution in [-0.4, -0.2) is 27.3 Å². The number of nitrogens with zero attached hydrogens (tertiary/aromatic N) is 2. The smallest absolute Gasteiger partial charge is 0.330 e. The minimum absolute atomic E-state index is 0.102. The number of hydrogen-bond donors (Lipinski definition) is 3. The first kappa shape index (κ1) is 19.2. The van der Waals surface area contributed by atoms with Gasteiger partial charge in [-0.25, -0.2) is 4.79 Å². The van der Waals surface area contributed by atoms with E-state index in [-0.39, 0.29) is 17.5 Å². The van der Waals surface area contributed by atoms with Crippen molar-refractivity contribution in [2.75, 3.05) is 17.2 Å². The van der Waals surface area contributed by atoms with Gasteiger partial charge in [-0.15, -0.1) is 6.58 Å². The molecule has 4 N–H and O–H groups in total. The van der Waals surface area contributed by atoms with Crippen LogP contribution in [0.3, 0.4) is 0 Å². The fourth-order valence-electron chi connectivity index (χ4n) is 3.21. The van der Waals surface area contributed by atoms with E-state index in [0.29, 0.717) is 18.2 Å². The SMILES string of the molecule is C=CCNC(=S)N(c1c(N)n(CCCC)c(=O)[nH]c1=O)C1CCCC1. The van der Waals surface area contributed by atoms with Crippen LogP contribution in [0.1, 0.15) is 45.4 Å². The Hall–Kier alpha value is -2.09. The van der Waals surface area contributed by atoms with Crippen LogP contribution >= 0.6 is 12.2 Å². The molecule has 0 radical (unpaired) electrons. The normalized spacial score (nSPS) is 14.4. The van der Waals surface area contributed by atoms with E-state index in [2.05, 4.69) is 16.9 Å². The van der Waals surface area contributed by atoms with Gasteiger partial charge in [0.2, 0.25) is 0 Å². The second-order valence-electron chi connectivity index (χ2n) is 6.28. The van der Waals surface area contributed by atoms with Crippen molar-refractivity contribution in [1.82, 2.24) is 14.9 Å². The third-order valence-corrected chi connectivity index (χ3v) is 4.84. The fourth-order valence-corrected chi connectivity index (χ4v) is 3.53. The van der Waals surface area contributed by atoms with Crippen LogP contribution in [0.4, 0.5) is 11.5 Å². The number of H-pyrrole nitrogens is 1. The van der Waals surface area contributed by atoms with Gasteiger partial charge in [-0.3, -0.25) is 14.3 Å². The van der Waals surface area contributed by atoms with E-state index in [1.54, 1.807) is 11.0 Å². The molecule has 0 bridgehead atoms. The van der Waals surface area contributed by atoms with E-state index in [9.17, 15) is 9.59 Å². The van der Waals surface area contributed by atoms with Crippen molar-refractivity contribution in [3.8, 4) is 0 Å². The van der Waals surface area contributed by atoms with Crippen LogP contribution in [0.2, 0.25) is 0 Å². The Balaban J connectivity index is 2.51. The molecule has 1 aromatic rings. The molecule has 0 unspecified atom stereocenters. The van der Waals surface area contributed by atoms with Gasteiger partial charge >= 0.3 is 5.69 Å². The highest BCUT2D eigenvalue weighted by molar-refractivity contribution is 7.80. The Bertz CT molecular complexity index is 734. The predicted octanol–water partition coefficient (Wildman–Crippen LogP) is 1.73. The third kappa shape index (κ3) is 4.31. The summed E-state index contributed by atoms with van der Waals surface area (Å²) in [5, 5.41) is 3.52. The Morgan fingerprint density at radius 3 is 2.76 bits per heavy atom. The number of nitrogen functional groups attached to an aromatic ring is 1. The van der Waals surface area contributed by atoms with Gasteiger partial charge in [0.1, 0.15) is 5.82 Å². The zero-order valence-electron chi connectivity index (χ0n) is 14.7. The molecule has 25 heavy (non-hydrogen) atoms. The Kier molecular flexibility index (Phi) is 6.81. The molecule has 1 heterocycles. The molecule has 1 aromatic heterocycles. The molecule has 1 fully saturated rings. The van der Waals surface area contributed by atoms with Crippen LogP contribution in [0.25, 0.3) is 0 Å². The third-order valence-electron chi connectivity index (χ3n) is 4.50. The first-order chi connectivity index (χ1) is 12.0. The van der Waals surface area contributed by atoms with Crippen molar-refractivity contribution in [3.05, 3.63) is 33.5 Å². The minimum atomic E-state index is -0.495. The van der Waals surface area contributed by atoms with Gasteiger partial charge in [0, 0.05) is 19.1 Å². The molecule has 2 rings (SSSR count). The lowest BCUT2D eigenvalue weighted by molar-refractivity contribution is 0.600. The Morgan fingerprint density at radius 1 is 1.48 bits per heavy atom. The minimum Gasteiger partial charge on any atom is -0.383 e. The number of hydrogen-bond acceptors (Lipinski definition) is 4. The summed E-state index contributed by atoms with van der Waals surface area (Å²) in [6.45, 7) is 6.68. The van der Waals surface area contributed by atoms with E-state index in [4.69, 9.17) is 18.0 Å². The molecule has 8 heteroatoms. The molecule has 1 aliphatic rings. The largest absolute Gasteiger partial charge is 0.383 e. The first-order valence-electron chi connectivity index (χ1n) is 8.81. The zero-order chi connectivity index (χ0) is 18.4. The van der Waals surface area contributed by atoms with Crippen LogP contribution in [0, 0.1) is 0 Å². The van der Waals surface area contributed by atoms with E-state index in [0.717, 1.165) is 38.5 Å². The average Bonchev–Trinajstić information content (AvgIpc) is 3.10. The van der Waals surface area contributed by atoms with Gasteiger partial charge in [-0.05, 0) is 31.5 Å². The highest BCUT2D eigenvalue weighted by atomic mass is 32.1. The summed E-state index contributed by atoms with van der Waals surface area (Å²) in [4.78, 5) is 28.9. The van der Waals surface area contributed by atoms with E-state index in [1.165, 1.54) is 4.57 Å². The highest BCUT2D eigenvalue weighted by Gasteiger charge is 2.30. The number of rotatable bonds is 7. The standard InChI is InChI=1S/C17H27N5O2S/c1-3-5-11-21-14(18)13(15(23)20-16(21)24)22(12-8-6-7-9-12)17(25)19-10-4-2/h4,12H,2-3,5-11,18H2,1H3,(H,19,25)(H,20,23,24). The van der Waals surface area contributed by atoms with Gasteiger partial charge in [0.15, 0.2) is 10.8 Å². The second kappa shape index (κ2) is 8.84. The number of aromatic nitrogens is 2. The van der Waals surface area contributed by atoms with Crippen molar-refractivity contribution in [3.63, 3.8) is 0 Å². The van der Waals surface area contributed by atoms with E-state index in [1.807, 2.05) is 6.92 Å². The summed E-state index contributed by atoms with van der Waals surface area (Å²) in [5.41, 5.74) is 5.55. The lowest BCUT2D eigenvalue weighted by Gasteiger charge is -2.32. The zero-order valence-corrected chi connectivity index (χ0v) is 15.5. The maximum absolute atomic E-state index is 12.6. The average molecular weight is 366 g/mol. The topological polar surface area (TPSA) is 96.2 Å². The lowest BCUT2D eigenvalue weighted by atomic mass is 10.2. The lowest BCUT2D eigenvalue weighted by Crippen LogP contribution is -2.49. The number of thiocarbonyl (C=S) groups is 1. The molecule has 0 spiro atoms. The van der Waals surface area contributed by atoms with Crippen LogP contribution in [0.5, 0.6) is 0 Å². The van der Waals surface area contributed by atoms with Crippen molar-refractivity contribution < 1.29 is 0 Å². The van der Waals surface area contributed by atoms with Crippen LogP contribution in [0.15, 0.2) is 22.2 Å². The summed E-state index contributed by atoms with van der Waals surface area (Å²) >= 11 is 5.51. The molecular formula is C17H27N5O2S. The molecule has 0 aliphatic heterocycles. The van der Waals surface area contributed by atoms with Crippen LogP contribution < -0.4 is 27.2 Å². The fraction of sp³-hybridized carbons (Fsp3) is 0.588. The maximum Gasteiger partial charge on any atom is 0.330 e. The van der Waals surface area contributed by atoms with Gasteiger partial charge in [0.05, 0.1) is 0 Å². The Labute approximate surface area is 152 Å². The van der Waals surface area contributed by atoms with E-state index < -0.39 is 11.2 Å². The monoisotopic (exact) mass is 365 g/mol. The second-order valence-corrected chi connectivity index (χ2v) is 6.67. The highest BCUT2D eigenvalue weighted by Crippen LogP contribution is 2.29. The molecule has 0 saturated heterocycles. The molecule has 1 aliphatic carbocycles. The van der Waals surface area contributed by atoms with Gasteiger partial charge in [0.25, 0.3) is 5.56 Å². The summed E-state index contributed by atoms with van der Waals surface area (Å²) in [6, 6.07) is 0.102. The predicted molar refractivity (Wildman–Crippen MR) is 106 cm³/mol. The molecule has 138 valence electrons. The van der Waals surface area contributed by atoms with Crippen molar-refractivity contribution in [2.45, 2.75) is 58.0 Å². The summed E-state index contributed by atoms with van der Waals surface area (Å²) in [6.07, 6.45) is 7.46. The molecule has 0 atom stereocenters. The number of nitrogens with one attached hydrogen (secondary N) is 2. The first-order valence-corrected chi connectivity index (χ1v) is 9.22. The molecule has 0 amide bonds. The quantitative estimate of drug-likeness (QED) is 0.503. The summed E-state index contributed by atoms with van der Waals surface area (Å²) in [5.74, 6) is 0.178. The van der Waals surface area contributed by atoms with E-state index >= 15 is 0 Å². The summed E-state index contributed by atoms with van der Waals surface area (Å²) in [7, 11) is 0. The van der Waals surface area contributed by atoms with Gasteiger partial charge < -0.3 is 16.0 Å².